The van der Waals surface area contributed by atoms with Gasteiger partial charge in [-0.2, -0.15) is 0 Å². The molecule has 0 aliphatic heterocycles. The molecule has 0 saturated heterocycles. The van der Waals surface area contributed by atoms with Crippen molar-refractivity contribution in [3.05, 3.63) is 64.6 Å². The van der Waals surface area contributed by atoms with E-state index >= 15 is 0 Å². The SMILES string of the molecule is CC(c1cccc(S(N)(=O)=O)c1)N(C)C(=O)CCn1c(=O)oc2ccccc21. The number of para-hydroxylation sites is 2. The summed E-state index contributed by atoms with van der Waals surface area (Å²) in [5.41, 5.74) is 1.76. The second-order valence-corrected chi connectivity index (χ2v) is 8.10. The van der Waals surface area contributed by atoms with Crippen LogP contribution in [0.2, 0.25) is 0 Å². The lowest BCUT2D eigenvalue weighted by Gasteiger charge is -2.25. The van der Waals surface area contributed by atoms with Crippen molar-refractivity contribution in [1.82, 2.24) is 9.47 Å². The van der Waals surface area contributed by atoms with Crippen LogP contribution in [0.1, 0.15) is 24.9 Å². The second-order valence-electron chi connectivity index (χ2n) is 6.54. The molecule has 0 bridgehead atoms. The van der Waals surface area contributed by atoms with Crippen LogP contribution in [0.15, 0.2) is 62.6 Å². The Balaban J connectivity index is 1.74. The fraction of sp³-hybridized carbons (Fsp3) is 0.263. The summed E-state index contributed by atoms with van der Waals surface area (Å²) in [6.45, 7) is 1.97. The van der Waals surface area contributed by atoms with Gasteiger partial charge in [0.2, 0.25) is 15.9 Å². The topological polar surface area (TPSA) is 116 Å². The van der Waals surface area contributed by atoms with Gasteiger partial charge >= 0.3 is 5.76 Å². The van der Waals surface area contributed by atoms with Gasteiger partial charge in [-0.15, -0.1) is 0 Å². The van der Waals surface area contributed by atoms with Gasteiger partial charge < -0.3 is 9.32 Å². The predicted molar refractivity (Wildman–Crippen MR) is 104 cm³/mol. The first-order valence-corrected chi connectivity index (χ1v) is 10.2. The third-order valence-electron chi connectivity index (χ3n) is 4.77. The van der Waals surface area contributed by atoms with Crippen molar-refractivity contribution in [3.8, 4) is 0 Å². The van der Waals surface area contributed by atoms with Crippen molar-refractivity contribution in [2.75, 3.05) is 7.05 Å². The number of aryl methyl sites for hydroxylation is 1. The molecule has 2 N–H and O–H groups in total. The molecule has 1 amide bonds. The summed E-state index contributed by atoms with van der Waals surface area (Å²) in [7, 11) is -2.19. The highest BCUT2D eigenvalue weighted by molar-refractivity contribution is 7.89. The standard InChI is InChI=1S/C19H21N3O5S/c1-13(14-6-5-7-15(12-14)28(20,25)26)21(2)18(23)10-11-22-16-8-3-4-9-17(16)27-19(22)24/h3-9,12-13H,10-11H2,1-2H3,(H2,20,25,26). The van der Waals surface area contributed by atoms with Gasteiger partial charge in [-0.05, 0) is 36.8 Å². The highest BCUT2D eigenvalue weighted by Crippen LogP contribution is 2.22. The number of carbonyl (C=O) groups is 1. The third-order valence-corrected chi connectivity index (χ3v) is 5.68. The number of benzene rings is 2. The first kappa shape index (κ1) is 19.8. The fourth-order valence-electron chi connectivity index (χ4n) is 3.00. The lowest BCUT2D eigenvalue weighted by molar-refractivity contribution is -0.132. The van der Waals surface area contributed by atoms with E-state index < -0.39 is 15.8 Å². The maximum Gasteiger partial charge on any atom is 0.419 e. The van der Waals surface area contributed by atoms with Gasteiger partial charge in [-0.25, -0.2) is 18.4 Å². The minimum atomic E-state index is -3.82. The van der Waals surface area contributed by atoms with E-state index in [0.29, 0.717) is 16.7 Å². The zero-order valence-electron chi connectivity index (χ0n) is 15.5. The predicted octanol–water partition coefficient (Wildman–Crippen LogP) is 1.85. The van der Waals surface area contributed by atoms with E-state index in [0.717, 1.165) is 0 Å². The number of fused-ring (bicyclic) bond motifs is 1. The van der Waals surface area contributed by atoms with Gasteiger partial charge in [0.1, 0.15) is 0 Å². The van der Waals surface area contributed by atoms with Crippen LogP contribution in [0.4, 0.5) is 0 Å². The van der Waals surface area contributed by atoms with E-state index in [1.807, 2.05) is 0 Å². The number of carbonyl (C=O) groups excluding carboxylic acids is 1. The molecular weight excluding hydrogens is 382 g/mol. The van der Waals surface area contributed by atoms with Crippen LogP contribution in [-0.2, 0) is 21.4 Å². The van der Waals surface area contributed by atoms with Crippen LogP contribution >= 0.6 is 0 Å². The van der Waals surface area contributed by atoms with E-state index in [4.69, 9.17) is 9.56 Å². The van der Waals surface area contributed by atoms with Gasteiger partial charge in [0.25, 0.3) is 0 Å². The zero-order chi connectivity index (χ0) is 20.5. The van der Waals surface area contributed by atoms with E-state index in [-0.39, 0.29) is 29.8 Å². The van der Waals surface area contributed by atoms with Crippen LogP contribution in [0.25, 0.3) is 11.1 Å². The van der Waals surface area contributed by atoms with Gasteiger partial charge in [-0.1, -0.05) is 24.3 Å². The number of hydrogen-bond acceptors (Lipinski definition) is 5. The Labute approximate surface area is 162 Å². The quantitative estimate of drug-likeness (QED) is 0.674. The first-order valence-electron chi connectivity index (χ1n) is 8.65. The molecule has 2 aromatic carbocycles. The minimum absolute atomic E-state index is 0.00545. The Hall–Kier alpha value is -2.91. The molecule has 28 heavy (non-hydrogen) atoms. The summed E-state index contributed by atoms with van der Waals surface area (Å²) < 4.78 is 29.7. The largest absolute Gasteiger partial charge is 0.419 e. The van der Waals surface area contributed by atoms with E-state index in [2.05, 4.69) is 0 Å². The summed E-state index contributed by atoms with van der Waals surface area (Å²) in [4.78, 5) is 26.1. The Morgan fingerprint density at radius 1 is 1.21 bits per heavy atom. The van der Waals surface area contributed by atoms with E-state index in [1.54, 1.807) is 50.4 Å². The minimum Gasteiger partial charge on any atom is -0.408 e. The zero-order valence-corrected chi connectivity index (χ0v) is 16.3. The van der Waals surface area contributed by atoms with Gasteiger partial charge in [0.05, 0.1) is 16.5 Å². The number of nitrogens with zero attached hydrogens (tertiary/aromatic N) is 2. The fourth-order valence-corrected chi connectivity index (χ4v) is 3.57. The summed E-state index contributed by atoms with van der Waals surface area (Å²) in [6.07, 6.45) is 0.0964. The number of nitrogens with two attached hydrogens (primary N) is 1. The van der Waals surface area contributed by atoms with Crippen molar-refractivity contribution in [1.29, 1.82) is 0 Å². The summed E-state index contributed by atoms with van der Waals surface area (Å²) in [6, 6.07) is 12.8. The molecule has 8 nitrogen and oxygen atoms in total. The molecule has 1 aromatic heterocycles. The van der Waals surface area contributed by atoms with Crippen LogP contribution in [-0.4, -0.2) is 30.8 Å². The molecule has 148 valence electrons. The van der Waals surface area contributed by atoms with Gasteiger partial charge in [0.15, 0.2) is 5.58 Å². The molecule has 0 fully saturated rings. The Bertz CT molecular complexity index is 1180. The average Bonchev–Trinajstić information content (AvgIpc) is 2.99. The van der Waals surface area contributed by atoms with Crippen LogP contribution in [0, 0.1) is 0 Å². The third kappa shape index (κ3) is 4.00. The van der Waals surface area contributed by atoms with Crippen molar-refractivity contribution < 1.29 is 17.6 Å². The Kier molecular flexibility index (Phi) is 5.39. The monoisotopic (exact) mass is 403 g/mol. The molecular formula is C19H21N3O5S. The maximum atomic E-state index is 12.6. The number of amides is 1. The molecule has 1 heterocycles. The number of rotatable bonds is 6. The summed E-state index contributed by atoms with van der Waals surface area (Å²) >= 11 is 0. The molecule has 1 unspecified atom stereocenters. The lowest BCUT2D eigenvalue weighted by atomic mass is 10.1. The van der Waals surface area contributed by atoms with E-state index in [1.165, 1.54) is 21.6 Å². The van der Waals surface area contributed by atoms with Crippen molar-refractivity contribution >= 4 is 27.0 Å². The average molecular weight is 403 g/mol. The van der Waals surface area contributed by atoms with Crippen LogP contribution < -0.4 is 10.9 Å². The number of hydrogen-bond donors (Lipinski definition) is 1. The van der Waals surface area contributed by atoms with E-state index in [9.17, 15) is 18.0 Å². The molecule has 3 rings (SSSR count). The summed E-state index contributed by atoms with van der Waals surface area (Å²) in [5.74, 6) is -0.698. The summed E-state index contributed by atoms with van der Waals surface area (Å²) in [5, 5.41) is 5.17. The molecule has 0 aliphatic carbocycles. The maximum absolute atomic E-state index is 12.6. The van der Waals surface area contributed by atoms with Gasteiger partial charge in [0, 0.05) is 20.0 Å². The number of oxazole rings is 1. The van der Waals surface area contributed by atoms with Crippen molar-refractivity contribution in [2.24, 2.45) is 5.14 Å². The number of aromatic nitrogens is 1. The Morgan fingerprint density at radius 3 is 2.64 bits per heavy atom. The lowest BCUT2D eigenvalue weighted by Crippen LogP contribution is -2.31. The highest BCUT2D eigenvalue weighted by atomic mass is 32.2. The van der Waals surface area contributed by atoms with Crippen molar-refractivity contribution in [2.45, 2.75) is 30.8 Å². The number of primary sulfonamides is 1. The van der Waals surface area contributed by atoms with Crippen LogP contribution in [0.3, 0.4) is 0 Å². The number of sulfonamides is 1. The first-order chi connectivity index (χ1) is 13.2. The molecule has 1 atom stereocenters. The normalized spacial score (nSPS) is 12.8. The molecule has 0 saturated carbocycles. The molecule has 3 aromatic rings. The van der Waals surface area contributed by atoms with Gasteiger partial charge in [-0.3, -0.25) is 9.36 Å². The smallest absolute Gasteiger partial charge is 0.408 e. The second kappa shape index (κ2) is 7.61. The van der Waals surface area contributed by atoms with Crippen molar-refractivity contribution in [3.63, 3.8) is 0 Å². The highest BCUT2D eigenvalue weighted by Gasteiger charge is 2.20. The molecule has 0 radical (unpaired) electrons. The molecule has 0 aliphatic rings. The molecule has 9 heteroatoms. The molecule has 0 spiro atoms. The van der Waals surface area contributed by atoms with Crippen LogP contribution in [0.5, 0.6) is 0 Å². The Morgan fingerprint density at radius 2 is 1.93 bits per heavy atom.